The highest BCUT2D eigenvalue weighted by Gasteiger charge is 2.14. The third-order valence-corrected chi connectivity index (χ3v) is 3.43. The van der Waals surface area contributed by atoms with Crippen molar-refractivity contribution in [3.05, 3.63) is 36.0 Å². The van der Waals surface area contributed by atoms with Gasteiger partial charge in [0.05, 0.1) is 28.7 Å². The van der Waals surface area contributed by atoms with Crippen LogP contribution in [0.1, 0.15) is 11.5 Å². The molecule has 3 aromatic rings. The molecular weight excluding hydrogens is 238 g/mol. The average Bonchev–Trinajstić information content (AvgIpc) is 2.95. The average molecular weight is 255 g/mol. The fourth-order valence-corrected chi connectivity index (χ4v) is 2.41. The summed E-state index contributed by atoms with van der Waals surface area (Å²) in [6.45, 7) is 2.79. The predicted molar refractivity (Wildman–Crippen MR) is 75.8 cm³/mol. The molecular formula is C14H17N5. The van der Waals surface area contributed by atoms with Crippen LogP contribution in [0.25, 0.3) is 22.3 Å². The summed E-state index contributed by atoms with van der Waals surface area (Å²) in [5.74, 6) is 1.02. The number of aromatic nitrogens is 4. The largest absolute Gasteiger partial charge is 0.345 e. The molecule has 5 heteroatoms. The molecule has 0 aliphatic rings. The number of rotatable bonds is 3. The topological polar surface area (TPSA) is 58.5 Å². The van der Waals surface area contributed by atoms with Crippen LogP contribution in [0, 0.1) is 6.92 Å². The molecule has 19 heavy (non-hydrogen) atoms. The van der Waals surface area contributed by atoms with Crippen molar-refractivity contribution in [2.45, 2.75) is 13.5 Å². The minimum atomic E-state index is 0.762. The molecule has 5 nitrogen and oxygen atoms in total. The molecule has 0 bridgehead atoms. The van der Waals surface area contributed by atoms with Gasteiger partial charge in [-0.25, -0.2) is 9.97 Å². The lowest BCUT2D eigenvalue weighted by atomic mass is 10.1. The number of aryl methyl sites for hydroxylation is 1. The Hall–Kier alpha value is -2.14. The minimum absolute atomic E-state index is 0.762. The van der Waals surface area contributed by atoms with Crippen LogP contribution in [0.4, 0.5) is 0 Å². The lowest BCUT2D eigenvalue weighted by molar-refractivity contribution is 0.796. The van der Waals surface area contributed by atoms with Crippen molar-refractivity contribution in [1.29, 1.82) is 0 Å². The summed E-state index contributed by atoms with van der Waals surface area (Å²) < 4.78 is 2.13. The van der Waals surface area contributed by atoms with E-state index in [2.05, 4.69) is 37.0 Å². The first kappa shape index (κ1) is 11.9. The Morgan fingerprint density at radius 1 is 1.37 bits per heavy atom. The van der Waals surface area contributed by atoms with E-state index in [1.165, 1.54) is 0 Å². The molecule has 0 fully saturated rings. The van der Waals surface area contributed by atoms with Gasteiger partial charge in [-0.2, -0.15) is 0 Å². The number of benzene rings is 1. The normalized spacial score (nSPS) is 11.3. The molecule has 2 N–H and O–H groups in total. The van der Waals surface area contributed by atoms with Crippen LogP contribution in [-0.2, 0) is 13.6 Å². The molecule has 2 heterocycles. The van der Waals surface area contributed by atoms with Crippen molar-refractivity contribution in [1.82, 2.24) is 24.8 Å². The molecule has 2 aromatic heterocycles. The first-order valence-electron chi connectivity index (χ1n) is 6.31. The Kier molecular flexibility index (Phi) is 2.83. The maximum absolute atomic E-state index is 4.62. The standard InChI is InChI=1S/C14H17N5/c1-9-18-13(7-15-2)14(19(9)3)10-4-5-11-12(6-10)17-8-16-11/h4-6,8,15H,7H2,1-3H3,(H,16,17). The SMILES string of the molecule is CNCc1nc(C)n(C)c1-c1ccc2nc[nH]c2c1. The highest BCUT2D eigenvalue weighted by Crippen LogP contribution is 2.26. The van der Waals surface area contributed by atoms with Gasteiger partial charge in [0.1, 0.15) is 5.82 Å². The Balaban J connectivity index is 2.19. The van der Waals surface area contributed by atoms with Crippen molar-refractivity contribution < 1.29 is 0 Å². The molecule has 0 aliphatic heterocycles. The van der Waals surface area contributed by atoms with Crippen molar-refractivity contribution in [2.75, 3.05) is 7.05 Å². The zero-order chi connectivity index (χ0) is 13.4. The highest BCUT2D eigenvalue weighted by molar-refractivity contribution is 5.81. The first-order chi connectivity index (χ1) is 9.20. The van der Waals surface area contributed by atoms with Gasteiger partial charge in [0, 0.05) is 19.2 Å². The molecule has 3 rings (SSSR count). The molecule has 0 atom stereocenters. The Morgan fingerprint density at radius 2 is 2.21 bits per heavy atom. The van der Waals surface area contributed by atoms with Gasteiger partial charge in [-0.05, 0) is 26.1 Å². The number of hydrogen-bond acceptors (Lipinski definition) is 3. The molecule has 98 valence electrons. The van der Waals surface area contributed by atoms with E-state index < -0.39 is 0 Å². The van der Waals surface area contributed by atoms with Gasteiger partial charge in [0.15, 0.2) is 0 Å². The van der Waals surface area contributed by atoms with Gasteiger partial charge >= 0.3 is 0 Å². The summed E-state index contributed by atoms with van der Waals surface area (Å²) in [5, 5.41) is 3.17. The van der Waals surface area contributed by atoms with E-state index in [0.717, 1.165) is 40.4 Å². The fourth-order valence-electron chi connectivity index (χ4n) is 2.41. The van der Waals surface area contributed by atoms with Crippen LogP contribution in [-0.4, -0.2) is 26.6 Å². The van der Waals surface area contributed by atoms with Crippen molar-refractivity contribution >= 4 is 11.0 Å². The van der Waals surface area contributed by atoms with Crippen LogP contribution < -0.4 is 5.32 Å². The first-order valence-corrected chi connectivity index (χ1v) is 6.31. The summed E-state index contributed by atoms with van der Waals surface area (Å²) in [7, 11) is 3.99. The van der Waals surface area contributed by atoms with Crippen molar-refractivity contribution in [3.63, 3.8) is 0 Å². The quantitative estimate of drug-likeness (QED) is 0.752. The fraction of sp³-hybridized carbons (Fsp3) is 0.286. The van der Waals surface area contributed by atoms with Crippen molar-refractivity contribution in [3.8, 4) is 11.3 Å². The molecule has 0 amide bonds. The molecule has 0 saturated heterocycles. The smallest absolute Gasteiger partial charge is 0.106 e. The summed E-state index contributed by atoms with van der Waals surface area (Å²) in [5.41, 5.74) is 5.42. The van der Waals surface area contributed by atoms with Crippen molar-refractivity contribution in [2.24, 2.45) is 7.05 Å². The third-order valence-electron chi connectivity index (χ3n) is 3.43. The van der Waals surface area contributed by atoms with Crippen LogP contribution in [0.5, 0.6) is 0 Å². The zero-order valence-electron chi connectivity index (χ0n) is 11.4. The number of nitrogens with one attached hydrogen (secondary N) is 2. The van der Waals surface area contributed by atoms with E-state index in [-0.39, 0.29) is 0 Å². The maximum atomic E-state index is 4.62. The number of fused-ring (bicyclic) bond motifs is 1. The van der Waals surface area contributed by atoms with Gasteiger partial charge in [0.2, 0.25) is 0 Å². The lowest BCUT2D eigenvalue weighted by Gasteiger charge is -2.07. The Morgan fingerprint density at radius 3 is 3.00 bits per heavy atom. The molecule has 0 radical (unpaired) electrons. The zero-order valence-corrected chi connectivity index (χ0v) is 11.4. The summed E-state index contributed by atoms with van der Waals surface area (Å²) in [6.07, 6.45) is 1.72. The summed E-state index contributed by atoms with van der Waals surface area (Å²) in [6, 6.07) is 6.25. The molecule has 1 aromatic carbocycles. The van der Waals surface area contributed by atoms with E-state index in [9.17, 15) is 0 Å². The predicted octanol–water partition coefficient (Wildman–Crippen LogP) is 1.99. The van der Waals surface area contributed by atoms with Crippen LogP contribution in [0.3, 0.4) is 0 Å². The highest BCUT2D eigenvalue weighted by atomic mass is 15.1. The number of aromatic amines is 1. The van der Waals surface area contributed by atoms with E-state index in [4.69, 9.17) is 0 Å². The Labute approximate surface area is 111 Å². The van der Waals surface area contributed by atoms with Crippen LogP contribution in [0.15, 0.2) is 24.5 Å². The second kappa shape index (κ2) is 4.51. The number of H-pyrrole nitrogens is 1. The number of imidazole rings is 2. The van der Waals surface area contributed by atoms with Gasteiger partial charge < -0.3 is 14.9 Å². The van der Waals surface area contributed by atoms with Crippen LogP contribution >= 0.6 is 0 Å². The Bertz CT molecular complexity index is 723. The van der Waals surface area contributed by atoms with Gasteiger partial charge in [-0.3, -0.25) is 0 Å². The molecule has 0 aliphatic carbocycles. The lowest BCUT2D eigenvalue weighted by Crippen LogP contribution is -2.07. The van der Waals surface area contributed by atoms with E-state index in [1.54, 1.807) is 6.33 Å². The van der Waals surface area contributed by atoms with Crippen LogP contribution in [0.2, 0.25) is 0 Å². The molecule has 0 saturated carbocycles. The van der Waals surface area contributed by atoms with E-state index in [0.29, 0.717) is 0 Å². The van der Waals surface area contributed by atoms with E-state index >= 15 is 0 Å². The summed E-state index contributed by atoms with van der Waals surface area (Å²) in [4.78, 5) is 12.0. The van der Waals surface area contributed by atoms with E-state index in [1.807, 2.05) is 27.1 Å². The summed E-state index contributed by atoms with van der Waals surface area (Å²) >= 11 is 0. The second-order valence-corrected chi connectivity index (χ2v) is 4.68. The second-order valence-electron chi connectivity index (χ2n) is 4.68. The third kappa shape index (κ3) is 1.92. The maximum Gasteiger partial charge on any atom is 0.106 e. The molecule has 0 unspecified atom stereocenters. The number of hydrogen-bond donors (Lipinski definition) is 2. The minimum Gasteiger partial charge on any atom is -0.345 e. The molecule has 0 spiro atoms. The number of nitrogens with zero attached hydrogens (tertiary/aromatic N) is 3. The van der Waals surface area contributed by atoms with Gasteiger partial charge in [0.25, 0.3) is 0 Å². The van der Waals surface area contributed by atoms with Gasteiger partial charge in [-0.15, -0.1) is 0 Å². The monoisotopic (exact) mass is 255 g/mol. The van der Waals surface area contributed by atoms with Gasteiger partial charge in [-0.1, -0.05) is 6.07 Å².